The Morgan fingerprint density at radius 2 is 2.21 bits per heavy atom. The maximum atomic E-state index is 12.8. The lowest BCUT2D eigenvalue weighted by Gasteiger charge is -2.19. The van der Waals surface area contributed by atoms with Crippen LogP contribution in [-0.2, 0) is 16.1 Å². The molecule has 1 aliphatic heterocycles. The van der Waals surface area contributed by atoms with E-state index in [0.29, 0.717) is 18.8 Å². The van der Waals surface area contributed by atoms with Gasteiger partial charge in [-0.25, -0.2) is 9.97 Å². The third-order valence-corrected chi connectivity index (χ3v) is 4.45. The van der Waals surface area contributed by atoms with E-state index in [0.717, 1.165) is 18.0 Å². The van der Waals surface area contributed by atoms with Crippen LogP contribution in [0, 0.1) is 5.92 Å². The number of imidazole rings is 2. The van der Waals surface area contributed by atoms with Crippen LogP contribution in [0.2, 0.25) is 0 Å². The van der Waals surface area contributed by atoms with E-state index in [2.05, 4.69) is 22.2 Å². The fourth-order valence-electron chi connectivity index (χ4n) is 3.23. The summed E-state index contributed by atoms with van der Waals surface area (Å²) in [6.07, 6.45) is 7.59. The highest BCUT2D eigenvalue weighted by molar-refractivity contribution is 5.92. The van der Waals surface area contributed by atoms with Crippen molar-refractivity contribution in [1.29, 1.82) is 0 Å². The van der Waals surface area contributed by atoms with E-state index in [4.69, 9.17) is 4.74 Å². The summed E-state index contributed by atoms with van der Waals surface area (Å²) < 4.78 is 9.70. The first-order valence-electron chi connectivity index (χ1n) is 8.13. The van der Waals surface area contributed by atoms with Crippen LogP contribution in [0.3, 0.4) is 0 Å². The molecule has 1 saturated heterocycles. The van der Waals surface area contributed by atoms with E-state index in [1.165, 1.54) is 0 Å². The van der Waals surface area contributed by atoms with Crippen molar-refractivity contribution in [3.8, 4) is 0 Å². The molecule has 1 fully saturated rings. The van der Waals surface area contributed by atoms with Gasteiger partial charge in [-0.15, -0.1) is 0 Å². The van der Waals surface area contributed by atoms with Gasteiger partial charge < -0.3 is 14.6 Å². The Kier molecular flexibility index (Phi) is 3.78. The van der Waals surface area contributed by atoms with Crippen LogP contribution in [0.5, 0.6) is 0 Å². The van der Waals surface area contributed by atoms with Crippen molar-refractivity contribution in [1.82, 2.24) is 18.9 Å². The molecule has 0 unspecified atom stereocenters. The molecule has 1 amide bonds. The Labute approximate surface area is 139 Å². The van der Waals surface area contributed by atoms with Gasteiger partial charge >= 0.3 is 0 Å². The molecule has 3 aromatic rings. The summed E-state index contributed by atoms with van der Waals surface area (Å²) >= 11 is 0. The molecule has 2 atom stereocenters. The molecule has 0 radical (unpaired) electrons. The molecule has 3 aromatic heterocycles. The third kappa shape index (κ3) is 2.46. The van der Waals surface area contributed by atoms with E-state index < -0.39 is 0 Å². The number of nitrogens with zero attached hydrogens (tertiary/aromatic N) is 4. The number of carbonyl (C=O) groups is 1. The van der Waals surface area contributed by atoms with E-state index in [-0.39, 0.29) is 17.9 Å². The highest BCUT2D eigenvalue weighted by Crippen LogP contribution is 2.34. The number of anilines is 1. The fraction of sp³-hybridized carbons (Fsp3) is 0.353. The maximum Gasteiger partial charge on any atom is 0.231 e. The van der Waals surface area contributed by atoms with Crippen molar-refractivity contribution >= 4 is 17.4 Å². The summed E-state index contributed by atoms with van der Waals surface area (Å²) in [7, 11) is 0. The highest BCUT2D eigenvalue weighted by Gasteiger charge is 2.37. The third-order valence-electron chi connectivity index (χ3n) is 4.45. The van der Waals surface area contributed by atoms with Gasteiger partial charge in [0, 0.05) is 37.9 Å². The number of aromatic nitrogens is 4. The molecule has 7 heteroatoms. The van der Waals surface area contributed by atoms with Gasteiger partial charge in [0.25, 0.3) is 0 Å². The SMILES string of the molecule is CCn1ccnc1[C@@H]1OCC[C@H]1C(=O)Nc1cccc2nccn12. The molecular formula is C17H19N5O2. The number of amides is 1. The first kappa shape index (κ1) is 14.9. The van der Waals surface area contributed by atoms with Gasteiger partial charge in [0.15, 0.2) is 0 Å². The summed E-state index contributed by atoms with van der Waals surface area (Å²) in [5, 5.41) is 3.01. The molecular weight excluding hydrogens is 306 g/mol. The van der Waals surface area contributed by atoms with Crippen LogP contribution in [0.1, 0.15) is 25.3 Å². The summed E-state index contributed by atoms with van der Waals surface area (Å²) in [4.78, 5) is 21.5. The van der Waals surface area contributed by atoms with E-state index in [1.807, 2.05) is 39.6 Å². The molecule has 0 aromatic carbocycles. The quantitative estimate of drug-likeness (QED) is 0.798. The van der Waals surface area contributed by atoms with Crippen LogP contribution >= 0.6 is 0 Å². The van der Waals surface area contributed by atoms with Gasteiger partial charge in [0.2, 0.25) is 5.91 Å². The van der Waals surface area contributed by atoms with Gasteiger partial charge in [0.05, 0.1) is 5.92 Å². The standard InChI is InChI=1S/C17H19N5O2/c1-2-21-9-7-19-16(21)15-12(6-11-24-15)17(23)20-14-5-3-4-13-18-8-10-22(13)14/h3-5,7-10,12,15H,2,6,11H2,1H3,(H,20,23)/t12-,15-/m1/s1. The van der Waals surface area contributed by atoms with Gasteiger partial charge in [0.1, 0.15) is 23.4 Å². The lowest BCUT2D eigenvalue weighted by atomic mass is 10.00. The molecule has 0 bridgehead atoms. The fourth-order valence-corrected chi connectivity index (χ4v) is 3.23. The number of nitrogens with one attached hydrogen (secondary N) is 1. The smallest absolute Gasteiger partial charge is 0.231 e. The van der Waals surface area contributed by atoms with Gasteiger partial charge in [-0.2, -0.15) is 0 Å². The van der Waals surface area contributed by atoms with Gasteiger partial charge in [-0.1, -0.05) is 6.07 Å². The second-order valence-electron chi connectivity index (χ2n) is 5.81. The molecule has 7 nitrogen and oxygen atoms in total. The first-order chi connectivity index (χ1) is 11.8. The van der Waals surface area contributed by atoms with Crippen molar-refractivity contribution in [2.75, 3.05) is 11.9 Å². The van der Waals surface area contributed by atoms with E-state index in [1.54, 1.807) is 12.4 Å². The largest absolute Gasteiger partial charge is 0.369 e. The minimum absolute atomic E-state index is 0.0515. The first-order valence-corrected chi connectivity index (χ1v) is 8.13. The monoisotopic (exact) mass is 325 g/mol. The van der Waals surface area contributed by atoms with Crippen molar-refractivity contribution in [3.05, 3.63) is 48.8 Å². The Morgan fingerprint density at radius 1 is 1.33 bits per heavy atom. The molecule has 1 aliphatic rings. The number of aryl methyl sites for hydroxylation is 1. The molecule has 0 aliphatic carbocycles. The van der Waals surface area contributed by atoms with Crippen LogP contribution in [0.25, 0.3) is 5.65 Å². The molecule has 0 saturated carbocycles. The number of ether oxygens (including phenoxy) is 1. The summed E-state index contributed by atoms with van der Waals surface area (Å²) in [6, 6.07) is 5.64. The van der Waals surface area contributed by atoms with Crippen LogP contribution in [0.4, 0.5) is 5.82 Å². The Morgan fingerprint density at radius 3 is 3.08 bits per heavy atom. The molecule has 1 N–H and O–H groups in total. The van der Waals surface area contributed by atoms with E-state index >= 15 is 0 Å². The second kappa shape index (κ2) is 6.09. The van der Waals surface area contributed by atoms with E-state index in [9.17, 15) is 4.79 Å². The summed E-state index contributed by atoms with van der Waals surface area (Å²) in [5.74, 6) is 1.22. The lowest BCUT2D eigenvalue weighted by Crippen LogP contribution is -2.27. The van der Waals surface area contributed by atoms with Crippen molar-refractivity contribution in [3.63, 3.8) is 0 Å². The average molecular weight is 325 g/mol. The zero-order chi connectivity index (χ0) is 16.5. The average Bonchev–Trinajstić information content (AvgIpc) is 3.33. The highest BCUT2D eigenvalue weighted by atomic mass is 16.5. The Balaban J connectivity index is 1.58. The van der Waals surface area contributed by atoms with Crippen molar-refractivity contribution in [2.45, 2.75) is 26.0 Å². The number of rotatable bonds is 4. The summed E-state index contributed by atoms with van der Waals surface area (Å²) in [6.45, 7) is 3.42. The second-order valence-corrected chi connectivity index (χ2v) is 5.81. The maximum absolute atomic E-state index is 12.8. The zero-order valence-electron chi connectivity index (χ0n) is 13.4. The molecule has 4 heterocycles. The predicted octanol–water partition coefficient (Wildman–Crippen LogP) is 2.27. The number of fused-ring (bicyclic) bond motifs is 1. The minimum atomic E-state index is -0.304. The molecule has 4 rings (SSSR count). The Bertz CT molecular complexity index is 869. The molecule has 24 heavy (non-hydrogen) atoms. The zero-order valence-corrected chi connectivity index (χ0v) is 13.4. The van der Waals surface area contributed by atoms with Crippen LogP contribution in [0.15, 0.2) is 43.0 Å². The minimum Gasteiger partial charge on any atom is -0.369 e. The molecule has 124 valence electrons. The summed E-state index contributed by atoms with van der Waals surface area (Å²) in [5.41, 5.74) is 0.800. The predicted molar refractivity (Wildman–Crippen MR) is 88.5 cm³/mol. The topological polar surface area (TPSA) is 73.5 Å². The Hall–Kier alpha value is -2.67. The van der Waals surface area contributed by atoms with Crippen LogP contribution in [-0.4, -0.2) is 31.4 Å². The van der Waals surface area contributed by atoms with Crippen LogP contribution < -0.4 is 5.32 Å². The van der Waals surface area contributed by atoms with Gasteiger partial charge in [-0.3, -0.25) is 9.20 Å². The number of hydrogen-bond acceptors (Lipinski definition) is 4. The normalized spacial score (nSPS) is 20.5. The van der Waals surface area contributed by atoms with Crippen molar-refractivity contribution < 1.29 is 9.53 Å². The van der Waals surface area contributed by atoms with Crippen molar-refractivity contribution in [2.24, 2.45) is 5.92 Å². The number of carbonyl (C=O) groups excluding carboxylic acids is 1. The molecule has 0 spiro atoms. The number of hydrogen-bond donors (Lipinski definition) is 1. The van der Waals surface area contributed by atoms with Gasteiger partial charge in [-0.05, 0) is 25.5 Å². The lowest BCUT2D eigenvalue weighted by molar-refractivity contribution is -0.121. The number of pyridine rings is 1.